The fraction of sp³-hybridized carbons (Fsp3) is 0.571. The molecule has 0 bridgehead atoms. The summed E-state index contributed by atoms with van der Waals surface area (Å²) in [4.78, 5) is 0. The van der Waals surface area contributed by atoms with E-state index in [1.165, 1.54) is 18.4 Å². The highest BCUT2D eigenvalue weighted by molar-refractivity contribution is 5.15. The lowest BCUT2D eigenvalue weighted by Gasteiger charge is -2.31. The summed E-state index contributed by atoms with van der Waals surface area (Å²) in [6.45, 7) is 2.16. The monoisotopic (exact) mass is 204 g/mol. The minimum atomic E-state index is -0.0764. The first-order valence-corrected chi connectivity index (χ1v) is 5.97. The van der Waals surface area contributed by atoms with E-state index in [1.807, 2.05) is 0 Å². The Balaban J connectivity index is 1.91. The summed E-state index contributed by atoms with van der Waals surface area (Å²) < 4.78 is 0. The lowest BCUT2D eigenvalue weighted by molar-refractivity contribution is 0.0534. The van der Waals surface area contributed by atoms with Gasteiger partial charge in [-0.05, 0) is 43.1 Å². The van der Waals surface area contributed by atoms with Crippen LogP contribution in [-0.4, -0.2) is 11.2 Å². The maximum atomic E-state index is 9.83. The van der Waals surface area contributed by atoms with E-state index >= 15 is 0 Å². The second kappa shape index (κ2) is 4.80. The van der Waals surface area contributed by atoms with Crippen molar-refractivity contribution >= 4 is 0 Å². The first-order valence-electron chi connectivity index (χ1n) is 5.97. The van der Waals surface area contributed by atoms with Crippen LogP contribution in [0.3, 0.4) is 0 Å². The molecule has 0 heterocycles. The van der Waals surface area contributed by atoms with E-state index in [2.05, 4.69) is 37.3 Å². The molecule has 1 fully saturated rings. The van der Waals surface area contributed by atoms with E-state index < -0.39 is 0 Å². The van der Waals surface area contributed by atoms with E-state index in [4.69, 9.17) is 0 Å². The third-order valence-corrected chi connectivity index (χ3v) is 3.63. The van der Waals surface area contributed by atoms with Crippen molar-refractivity contribution in [2.24, 2.45) is 11.8 Å². The normalized spacial score (nSPS) is 31.5. The Morgan fingerprint density at radius 2 is 1.93 bits per heavy atom. The molecule has 0 amide bonds. The van der Waals surface area contributed by atoms with E-state index in [1.54, 1.807) is 0 Å². The van der Waals surface area contributed by atoms with Crippen LogP contribution < -0.4 is 0 Å². The highest BCUT2D eigenvalue weighted by Gasteiger charge is 2.25. The van der Waals surface area contributed by atoms with Gasteiger partial charge in [0.1, 0.15) is 0 Å². The summed E-state index contributed by atoms with van der Waals surface area (Å²) in [7, 11) is 0. The smallest absolute Gasteiger partial charge is 0.0568 e. The zero-order valence-electron chi connectivity index (χ0n) is 9.39. The molecule has 0 spiro atoms. The molecule has 0 aromatic heterocycles. The quantitative estimate of drug-likeness (QED) is 0.785. The van der Waals surface area contributed by atoms with Gasteiger partial charge in [0.25, 0.3) is 0 Å². The van der Waals surface area contributed by atoms with Crippen molar-refractivity contribution in [2.75, 3.05) is 0 Å². The molecule has 82 valence electrons. The Morgan fingerprint density at radius 3 is 2.60 bits per heavy atom. The Morgan fingerprint density at radius 1 is 1.20 bits per heavy atom. The molecule has 15 heavy (non-hydrogen) atoms. The summed E-state index contributed by atoms with van der Waals surface area (Å²) in [5.41, 5.74) is 1.41. The Hall–Kier alpha value is -0.820. The third-order valence-electron chi connectivity index (χ3n) is 3.63. The van der Waals surface area contributed by atoms with Gasteiger partial charge in [-0.1, -0.05) is 37.3 Å². The minimum absolute atomic E-state index is 0.0764. The first-order chi connectivity index (χ1) is 7.25. The van der Waals surface area contributed by atoms with Crippen molar-refractivity contribution in [1.29, 1.82) is 0 Å². The summed E-state index contributed by atoms with van der Waals surface area (Å²) in [5.74, 6) is 1.18. The van der Waals surface area contributed by atoms with Gasteiger partial charge in [0.2, 0.25) is 0 Å². The molecule has 1 saturated carbocycles. The first kappa shape index (κ1) is 10.7. The van der Waals surface area contributed by atoms with Gasteiger partial charge in [0, 0.05) is 0 Å². The molecule has 1 aliphatic rings. The van der Waals surface area contributed by atoms with Crippen LogP contribution in [0.2, 0.25) is 0 Å². The van der Waals surface area contributed by atoms with Crippen molar-refractivity contribution in [3.63, 3.8) is 0 Å². The average molecular weight is 204 g/mol. The predicted octanol–water partition coefficient (Wildman–Crippen LogP) is 3.03. The van der Waals surface area contributed by atoms with Crippen molar-refractivity contribution in [1.82, 2.24) is 0 Å². The largest absolute Gasteiger partial charge is 0.393 e. The number of benzene rings is 1. The van der Waals surface area contributed by atoms with Gasteiger partial charge in [0.05, 0.1) is 6.10 Å². The second-order valence-electron chi connectivity index (χ2n) is 4.91. The molecule has 1 aromatic carbocycles. The average Bonchev–Trinajstić information content (AvgIpc) is 2.25. The summed E-state index contributed by atoms with van der Waals surface area (Å²) >= 11 is 0. The van der Waals surface area contributed by atoms with E-state index in [-0.39, 0.29) is 6.10 Å². The van der Waals surface area contributed by atoms with Gasteiger partial charge in [-0.2, -0.15) is 0 Å². The van der Waals surface area contributed by atoms with Crippen LogP contribution in [0.4, 0.5) is 0 Å². The van der Waals surface area contributed by atoms with Crippen molar-refractivity contribution in [2.45, 2.75) is 38.7 Å². The molecule has 3 atom stereocenters. The van der Waals surface area contributed by atoms with Gasteiger partial charge in [-0.15, -0.1) is 0 Å². The Kier molecular flexibility index (Phi) is 3.42. The molecule has 1 aromatic rings. The van der Waals surface area contributed by atoms with Gasteiger partial charge in [0.15, 0.2) is 0 Å². The minimum Gasteiger partial charge on any atom is -0.393 e. The molecule has 0 saturated heterocycles. The number of hydrogen-bond acceptors (Lipinski definition) is 1. The number of aliphatic hydroxyl groups excluding tert-OH is 1. The topological polar surface area (TPSA) is 20.2 Å². The standard InChI is InChI=1S/C14H20O/c1-11-7-8-13(10-14(11)15)9-12-5-3-2-4-6-12/h2-6,11,13-15H,7-10H2,1H3. The zero-order valence-corrected chi connectivity index (χ0v) is 9.39. The van der Waals surface area contributed by atoms with Crippen molar-refractivity contribution < 1.29 is 5.11 Å². The number of hydrogen-bond donors (Lipinski definition) is 1. The molecular formula is C14H20O. The lowest BCUT2D eigenvalue weighted by atomic mass is 9.78. The Bertz CT molecular complexity index is 293. The summed E-state index contributed by atoms with van der Waals surface area (Å²) in [5, 5.41) is 9.83. The van der Waals surface area contributed by atoms with Crippen LogP contribution in [-0.2, 0) is 6.42 Å². The van der Waals surface area contributed by atoms with Crippen molar-refractivity contribution in [3.8, 4) is 0 Å². The fourth-order valence-electron chi connectivity index (χ4n) is 2.52. The van der Waals surface area contributed by atoms with Crippen LogP contribution in [0.1, 0.15) is 31.7 Å². The van der Waals surface area contributed by atoms with Crippen LogP contribution in [0, 0.1) is 11.8 Å². The zero-order chi connectivity index (χ0) is 10.7. The molecule has 0 radical (unpaired) electrons. The van der Waals surface area contributed by atoms with Crippen molar-refractivity contribution in [3.05, 3.63) is 35.9 Å². The molecule has 2 rings (SSSR count). The maximum absolute atomic E-state index is 9.83. The molecule has 1 nitrogen and oxygen atoms in total. The molecule has 1 aliphatic carbocycles. The number of aliphatic hydroxyl groups is 1. The van der Waals surface area contributed by atoms with E-state index in [9.17, 15) is 5.11 Å². The fourth-order valence-corrected chi connectivity index (χ4v) is 2.52. The van der Waals surface area contributed by atoms with Gasteiger partial charge in [-0.3, -0.25) is 0 Å². The van der Waals surface area contributed by atoms with Crippen LogP contribution in [0.15, 0.2) is 30.3 Å². The molecule has 0 aliphatic heterocycles. The number of rotatable bonds is 2. The van der Waals surface area contributed by atoms with E-state index in [0.717, 1.165) is 12.8 Å². The van der Waals surface area contributed by atoms with Gasteiger partial charge in [-0.25, -0.2) is 0 Å². The SMILES string of the molecule is CC1CCC(Cc2ccccc2)CC1O. The van der Waals surface area contributed by atoms with Gasteiger partial charge >= 0.3 is 0 Å². The second-order valence-corrected chi connectivity index (χ2v) is 4.91. The maximum Gasteiger partial charge on any atom is 0.0568 e. The van der Waals surface area contributed by atoms with Crippen LogP contribution in [0.25, 0.3) is 0 Å². The molecular weight excluding hydrogens is 184 g/mol. The summed E-state index contributed by atoms with van der Waals surface area (Å²) in [6, 6.07) is 10.6. The molecule has 1 heteroatoms. The highest BCUT2D eigenvalue weighted by Crippen LogP contribution is 2.30. The third kappa shape index (κ3) is 2.82. The summed E-state index contributed by atoms with van der Waals surface area (Å²) in [6.07, 6.45) is 4.49. The molecule has 1 N–H and O–H groups in total. The van der Waals surface area contributed by atoms with Gasteiger partial charge < -0.3 is 5.11 Å². The highest BCUT2D eigenvalue weighted by atomic mass is 16.3. The Labute approximate surface area is 92.1 Å². The predicted molar refractivity (Wildman–Crippen MR) is 62.7 cm³/mol. The van der Waals surface area contributed by atoms with Crippen LogP contribution in [0.5, 0.6) is 0 Å². The lowest BCUT2D eigenvalue weighted by Crippen LogP contribution is -2.28. The molecule has 3 unspecified atom stereocenters. The van der Waals surface area contributed by atoms with E-state index in [0.29, 0.717) is 11.8 Å². The van der Waals surface area contributed by atoms with Crippen LogP contribution >= 0.6 is 0 Å².